The van der Waals surface area contributed by atoms with Gasteiger partial charge in [0.1, 0.15) is 11.0 Å². The van der Waals surface area contributed by atoms with Crippen LogP contribution in [-0.4, -0.2) is 24.7 Å². The van der Waals surface area contributed by atoms with Crippen molar-refractivity contribution in [3.05, 3.63) is 58.9 Å². The molecule has 0 atom stereocenters. The molecular weight excluding hydrogens is 348 g/mol. The summed E-state index contributed by atoms with van der Waals surface area (Å²) in [6, 6.07) is 14.9. The first-order valence-electron chi connectivity index (χ1n) is 8.13. The number of benzene rings is 2. The van der Waals surface area contributed by atoms with Gasteiger partial charge < -0.3 is 15.6 Å². The summed E-state index contributed by atoms with van der Waals surface area (Å²) in [6.45, 7) is 2.44. The Morgan fingerprint density at radius 2 is 1.85 bits per heavy atom. The summed E-state index contributed by atoms with van der Waals surface area (Å²) >= 11 is 4.88. The Balaban J connectivity index is 1.95. The van der Waals surface area contributed by atoms with E-state index < -0.39 is 0 Å². The largest absolute Gasteiger partial charge is 0.376 e. The van der Waals surface area contributed by atoms with Gasteiger partial charge in [0.05, 0.1) is 5.52 Å². The van der Waals surface area contributed by atoms with Crippen LogP contribution in [-0.2, 0) is 6.54 Å². The van der Waals surface area contributed by atoms with E-state index >= 15 is 0 Å². The number of anilines is 1. The molecule has 0 saturated carbocycles. The van der Waals surface area contributed by atoms with Crippen LogP contribution in [0.15, 0.2) is 53.3 Å². The number of pyridine rings is 1. The molecule has 0 aliphatic carbocycles. The van der Waals surface area contributed by atoms with Gasteiger partial charge in [-0.3, -0.25) is 4.79 Å². The number of hydrogen-bond acceptors (Lipinski definition) is 4. The van der Waals surface area contributed by atoms with Gasteiger partial charge in [0.25, 0.3) is 5.56 Å². The smallest absolute Gasteiger partial charge is 0.278 e. The summed E-state index contributed by atoms with van der Waals surface area (Å²) in [6.07, 6.45) is 0. The molecule has 2 aromatic carbocycles. The highest BCUT2D eigenvalue weighted by Crippen LogP contribution is 2.20. The average molecular weight is 364 g/mol. The molecule has 130 valence electrons. The first-order valence-corrected chi connectivity index (χ1v) is 8.54. The Morgan fingerprint density at radius 3 is 2.46 bits per heavy atom. The highest BCUT2D eigenvalue weighted by Gasteiger charge is 2.13. The molecule has 0 fully saturated rings. The van der Waals surface area contributed by atoms with Crippen molar-refractivity contribution in [1.29, 1.82) is 0 Å². The molecule has 0 aliphatic heterocycles. The van der Waals surface area contributed by atoms with E-state index in [4.69, 9.17) is 18.0 Å². The number of thiocarbonyl (C=S) groups is 1. The van der Waals surface area contributed by atoms with Crippen molar-refractivity contribution in [3.63, 3.8) is 0 Å². The van der Waals surface area contributed by atoms with Gasteiger partial charge in [-0.25, -0.2) is 0 Å². The summed E-state index contributed by atoms with van der Waals surface area (Å²) < 4.78 is 1.68. The first kappa shape index (κ1) is 16.2. The summed E-state index contributed by atoms with van der Waals surface area (Å²) in [4.78, 5) is 14.4. The molecular formula is C18H16N6OS. The number of rotatable bonds is 3. The number of nitrogens with two attached hydrogens (primary N) is 1. The summed E-state index contributed by atoms with van der Waals surface area (Å²) in [5.74, 6) is 0. The van der Waals surface area contributed by atoms with Gasteiger partial charge in [-0.05, 0) is 49.5 Å². The van der Waals surface area contributed by atoms with E-state index in [2.05, 4.69) is 15.5 Å². The molecule has 3 N–H and O–H groups in total. The minimum Gasteiger partial charge on any atom is -0.376 e. The summed E-state index contributed by atoms with van der Waals surface area (Å²) in [5, 5.41) is 12.8. The third kappa shape index (κ3) is 2.70. The molecule has 0 spiro atoms. The second-order valence-corrected chi connectivity index (χ2v) is 6.26. The van der Waals surface area contributed by atoms with E-state index in [0.29, 0.717) is 12.2 Å². The number of nitrogens with one attached hydrogen (secondary N) is 1. The van der Waals surface area contributed by atoms with E-state index in [-0.39, 0.29) is 10.7 Å². The van der Waals surface area contributed by atoms with Gasteiger partial charge >= 0.3 is 0 Å². The lowest BCUT2D eigenvalue weighted by Crippen LogP contribution is -2.25. The second-order valence-electron chi connectivity index (χ2n) is 5.82. The van der Waals surface area contributed by atoms with E-state index in [9.17, 15) is 4.79 Å². The molecule has 2 aromatic heterocycles. The van der Waals surface area contributed by atoms with E-state index in [1.54, 1.807) is 10.6 Å². The first-order chi connectivity index (χ1) is 12.6. The van der Waals surface area contributed by atoms with Crippen LogP contribution in [0.1, 0.15) is 6.92 Å². The fourth-order valence-corrected chi connectivity index (χ4v) is 3.12. The molecule has 8 heteroatoms. The van der Waals surface area contributed by atoms with Crippen molar-refractivity contribution in [1.82, 2.24) is 19.6 Å². The Hall–Kier alpha value is -3.26. The van der Waals surface area contributed by atoms with Crippen molar-refractivity contribution >= 4 is 45.0 Å². The Kier molecular flexibility index (Phi) is 3.89. The maximum absolute atomic E-state index is 13.0. The number of aryl methyl sites for hydroxylation is 1. The minimum absolute atomic E-state index is 0.159. The van der Waals surface area contributed by atoms with Crippen LogP contribution in [0.2, 0.25) is 0 Å². The van der Waals surface area contributed by atoms with Crippen LogP contribution in [0.5, 0.6) is 0 Å². The van der Waals surface area contributed by atoms with Crippen LogP contribution in [0.3, 0.4) is 0 Å². The quantitative estimate of drug-likeness (QED) is 0.543. The number of nitrogens with zero attached hydrogens (tertiary/aromatic N) is 4. The van der Waals surface area contributed by atoms with Gasteiger partial charge in [0, 0.05) is 17.6 Å². The maximum Gasteiger partial charge on any atom is 0.278 e. The van der Waals surface area contributed by atoms with Crippen LogP contribution in [0, 0.1) is 0 Å². The van der Waals surface area contributed by atoms with E-state index in [1.807, 2.05) is 49.4 Å². The average Bonchev–Trinajstić information content (AvgIpc) is 3.04. The van der Waals surface area contributed by atoms with Crippen LogP contribution in [0.25, 0.3) is 27.6 Å². The second kappa shape index (κ2) is 6.23. The molecule has 0 aliphatic rings. The zero-order chi connectivity index (χ0) is 18.3. The highest BCUT2D eigenvalue weighted by molar-refractivity contribution is 7.80. The Morgan fingerprint density at radius 1 is 1.15 bits per heavy atom. The molecule has 0 unspecified atom stereocenters. The van der Waals surface area contributed by atoms with Gasteiger partial charge in [-0.2, -0.15) is 0 Å². The predicted molar refractivity (Wildman–Crippen MR) is 107 cm³/mol. The highest BCUT2D eigenvalue weighted by atomic mass is 32.1. The van der Waals surface area contributed by atoms with E-state index in [0.717, 1.165) is 27.6 Å². The molecule has 7 nitrogen and oxygen atoms in total. The fraction of sp³-hybridized carbons (Fsp3) is 0.111. The Labute approximate surface area is 154 Å². The van der Waals surface area contributed by atoms with Gasteiger partial charge in [-0.1, -0.05) is 18.2 Å². The lowest BCUT2D eigenvalue weighted by atomic mass is 10.1. The van der Waals surface area contributed by atoms with Crippen LogP contribution < -0.4 is 16.6 Å². The van der Waals surface area contributed by atoms with Crippen molar-refractivity contribution in [2.24, 2.45) is 5.73 Å². The summed E-state index contributed by atoms with van der Waals surface area (Å²) in [7, 11) is 0. The number of aromatic nitrogens is 4. The lowest BCUT2D eigenvalue weighted by Gasteiger charge is -2.12. The van der Waals surface area contributed by atoms with E-state index in [1.165, 1.54) is 4.80 Å². The molecule has 4 rings (SSSR count). The molecule has 0 bridgehead atoms. The zero-order valence-electron chi connectivity index (χ0n) is 14.0. The lowest BCUT2D eigenvalue weighted by molar-refractivity contribution is 0.708. The minimum atomic E-state index is -0.159. The monoisotopic (exact) mass is 364 g/mol. The van der Waals surface area contributed by atoms with Gasteiger partial charge in [0.2, 0.25) is 0 Å². The summed E-state index contributed by atoms with van der Waals surface area (Å²) in [5.41, 5.74) is 8.80. The zero-order valence-corrected chi connectivity index (χ0v) is 14.8. The SMILES string of the molecule is CCn1c(=O)c(-n2nc3ccccc3n2)cc2ccc(NC(N)=S)cc21. The normalized spacial score (nSPS) is 11.1. The van der Waals surface area contributed by atoms with Gasteiger partial charge in [-0.15, -0.1) is 15.0 Å². The van der Waals surface area contributed by atoms with Gasteiger partial charge in [0.15, 0.2) is 10.8 Å². The van der Waals surface area contributed by atoms with Crippen molar-refractivity contribution in [2.75, 3.05) is 5.32 Å². The topological polar surface area (TPSA) is 90.8 Å². The predicted octanol–water partition coefficient (Wildman–Crippen LogP) is 2.41. The van der Waals surface area contributed by atoms with Crippen molar-refractivity contribution < 1.29 is 0 Å². The fourth-order valence-electron chi connectivity index (χ4n) is 3.00. The molecule has 26 heavy (non-hydrogen) atoms. The van der Waals surface area contributed by atoms with Crippen LogP contribution in [0.4, 0.5) is 5.69 Å². The molecule has 0 saturated heterocycles. The van der Waals surface area contributed by atoms with Crippen molar-refractivity contribution in [2.45, 2.75) is 13.5 Å². The molecule has 0 radical (unpaired) electrons. The number of hydrogen-bond donors (Lipinski definition) is 2. The number of fused-ring (bicyclic) bond motifs is 2. The van der Waals surface area contributed by atoms with Crippen molar-refractivity contribution in [3.8, 4) is 5.69 Å². The third-order valence-electron chi connectivity index (χ3n) is 4.16. The standard InChI is InChI=1S/C18H16N6OS/c1-2-23-15-10-12(20-18(19)26)8-7-11(15)9-16(17(23)25)24-21-13-5-3-4-6-14(13)22-24/h3-10H,2H2,1H3,(H3,19,20,26). The molecule has 2 heterocycles. The molecule has 0 amide bonds. The maximum atomic E-state index is 13.0. The molecule has 4 aromatic rings. The third-order valence-corrected chi connectivity index (χ3v) is 4.27. The Bertz CT molecular complexity index is 1180. The van der Waals surface area contributed by atoms with Crippen LogP contribution >= 0.6 is 12.2 Å².